The Morgan fingerprint density at radius 2 is 1.56 bits per heavy atom. The van der Waals surface area contributed by atoms with Crippen LogP contribution in [0.3, 0.4) is 0 Å². The lowest BCUT2D eigenvalue weighted by Gasteiger charge is -2.18. The standard InChI is InChI=1S/C14H10F2O2/c15-14(16,13(17)18)12-8-4-7-11(9-12)10-5-2-1-3-6-10/h1-9H,(H,17,18)/p-1. The van der Waals surface area contributed by atoms with Crippen molar-refractivity contribution >= 4 is 5.97 Å². The van der Waals surface area contributed by atoms with Gasteiger partial charge in [-0.25, -0.2) is 0 Å². The van der Waals surface area contributed by atoms with Crippen LogP contribution in [0.25, 0.3) is 11.1 Å². The van der Waals surface area contributed by atoms with Crippen molar-refractivity contribution in [2.45, 2.75) is 5.92 Å². The molecule has 2 aromatic carbocycles. The van der Waals surface area contributed by atoms with Gasteiger partial charge in [-0.1, -0.05) is 48.5 Å². The molecule has 0 atom stereocenters. The molecule has 0 aliphatic rings. The van der Waals surface area contributed by atoms with Gasteiger partial charge in [-0.2, -0.15) is 8.78 Å². The van der Waals surface area contributed by atoms with Crippen molar-refractivity contribution < 1.29 is 18.7 Å². The number of hydrogen-bond donors (Lipinski definition) is 0. The lowest BCUT2D eigenvalue weighted by molar-refractivity contribution is -0.331. The Hall–Kier alpha value is -2.23. The van der Waals surface area contributed by atoms with Gasteiger partial charge in [-0.05, 0) is 17.2 Å². The minimum absolute atomic E-state index is 0.536. The Balaban J connectivity index is 2.46. The number of carbonyl (C=O) groups is 1. The predicted molar refractivity (Wildman–Crippen MR) is 60.8 cm³/mol. The van der Waals surface area contributed by atoms with Crippen LogP contribution in [-0.4, -0.2) is 5.97 Å². The van der Waals surface area contributed by atoms with Crippen molar-refractivity contribution in [1.82, 2.24) is 0 Å². The van der Waals surface area contributed by atoms with E-state index in [1.807, 2.05) is 6.07 Å². The number of benzene rings is 2. The maximum absolute atomic E-state index is 13.3. The third kappa shape index (κ3) is 2.22. The third-order valence-corrected chi connectivity index (χ3v) is 2.59. The van der Waals surface area contributed by atoms with Crippen LogP contribution in [0.2, 0.25) is 0 Å². The molecule has 2 rings (SSSR count). The van der Waals surface area contributed by atoms with Crippen LogP contribution in [0.15, 0.2) is 54.6 Å². The van der Waals surface area contributed by atoms with E-state index < -0.39 is 17.5 Å². The lowest BCUT2D eigenvalue weighted by atomic mass is 10.0. The molecule has 0 bridgehead atoms. The first-order chi connectivity index (χ1) is 8.51. The van der Waals surface area contributed by atoms with Crippen molar-refractivity contribution in [1.29, 1.82) is 0 Å². The van der Waals surface area contributed by atoms with Crippen LogP contribution >= 0.6 is 0 Å². The van der Waals surface area contributed by atoms with Gasteiger partial charge in [0.25, 0.3) is 0 Å². The molecule has 4 heteroatoms. The summed E-state index contributed by atoms with van der Waals surface area (Å²) in [6.45, 7) is 0. The number of hydrogen-bond acceptors (Lipinski definition) is 2. The maximum Gasteiger partial charge on any atom is 0.312 e. The van der Waals surface area contributed by atoms with E-state index in [4.69, 9.17) is 0 Å². The van der Waals surface area contributed by atoms with E-state index in [-0.39, 0.29) is 0 Å². The van der Waals surface area contributed by atoms with Crippen molar-refractivity contribution in [3.05, 3.63) is 60.2 Å². The predicted octanol–water partition coefficient (Wildman–Crippen LogP) is 2.20. The van der Waals surface area contributed by atoms with Crippen LogP contribution in [0.4, 0.5) is 8.78 Å². The molecule has 0 spiro atoms. The number of carboxylic acid groups (broad SMARTS) is 1. The summed E-state index contributed by atoms with van der Waals surface area (Å²) in [5, 5.41) is 10.4. The zero-order chi connectivity index (χ0) is 13.2. The van der Waals surface area contributed by atoms with Crippen LogP contribution in [0.5, 0.6) is 0 Å². The highest BCUT2D eigenvalue weighted by Gasteiger charge is 2.33. The summed E-state index contributed by atoms with van der Waals surface area (Å²) in [7, 11) is 0. The molecule has 92 valence electrons. The molecule has 0 saturated heterocycles. The molecular weight excluding hydrogens is 238 g/mol. The molecule has 2 nitrogen and oxygen atoms in total. The first kappa shape index (κ1) is 12.2. The van der Waals surface area contributed by atoms with E-state index >= 15 is 0 Å². The SMILES string of the molecule is O=C([O-])C(F)(F)c1cccc(-c2ccccc2)c1. The van der Waals surface area contributed by atoms with Gasteiger partial charge in [0.05, 0.1) is 0 Å². The van der Waals surface area contributed by atoms with E-state index in [9.17, 15) is 18.7 Å². The zero-order valence-corrected chi connectivity index (χ0v) is 9.27. The van der Waals surface area contributed by atoms with Crippen LogP contribution in [0.1, 0.15) is 5.56 Å². The highest BCUT2D eigenvalue weighted by Crippen LogP contribution is 2.30. The third-order valence-electron chi connectivity index (χ3n) is 2.59. The monoisotopic (exact) mass is 247 g/mol. The molecule has 0 aliphatic heterocycles. The fourth-order valence-electron chi connectivity index (χ4n) is 1.64. The molecule has 18 heavy (non-hydrogen) atoms. The average molecular weight is 247 g/mol. The second kappa shape index (κ2) is 4.56. The topological polar surface area (TPSA) is 40.1 Å². The van der Waals surface area contributed by atoms with E-state index in [1.54, 1.807) is 30.3 Å². The Morgan fingerprint density at radius 1 is 0.944 bits per heavy atom. The van der Waals surface area contributed by atoms with Gasteiger partial charge >= 0.3 is 5.92 Å². The molecule has 0 amide bonds. The van der Waals surface area contributed by atoms with Crippen LogP contribution < -0.4 is 5.11 Å². The van der Waals surface area contributed by atoms with Crippen LogP contribution in [0, 0.1) is 0 Å². The van der Waals surface area contributed by atoms with Gasteiger partial charge < -0.3 is 9.90 Å². The molecule has 0 aromatic heterocycles. The largest absolute Gasteiger partial charge is 0.544 e. The van der Waals surface area contributed by atoms with Crippen molar-refractivity contribution in [3.63, 3.8) is 0 Å². The molecule has 0 saturated carbocycles. The fraction of sp³-hybridized carbons (Fsp3) is 0.0714. The molecule has 0 radical (unpaired) electrons. The lowest BCUT2D eigenvalue weighted by Crippen LogP contribution is -2.39. The summed E-state index contributed by atoms with van der Waals surface area (Å²) in [5.74, 6) is -6.38. The minimum atomic E-state index is -3.98. The summed E-state index contributed by atoms with van der Waals surface area (Å²) >= 11 is 0. The number of rotatable bonds is 3. The minimum Gasteiger partial charge on any atom is -0.544 e. The highest BCUT2D eigenvalue weighted by molar-refractivity contribution is 5.76. The average Bonchev–Trinajstić information content (AvgIpc) is 2.40. The van der Waals surface area contributed by atoms with Crippen molar-refractivity contribution in [3.8, 4) is 11.1 Å². The summed E-state index contributed by atoms with van der Waals surface area (Å²) in [6.07, 6.45) is 0. The van der Waals surface area contributed by atoms with Gasteiger partial charge in [0.1, 0.15) is 5.97 Å². The van der Waals surface area contributed by atoms with E-state index in [2.05, 4.69) is 0 Å². The van der Waals surface area contributed by atoms with Gasteiger partial charge in [0.2, 0.25) is 0 Å². The van der Waals surface area contributed by atoms with E-state index in [0.717, 1.165) is 17.7 Å². The fourth-order valence-corrected chi connectivity index (χ4v) is 1.64. The summed E-state index contributed by atoms with van der Waals surface area (Å²) < 4.78 is 26.6. The molecule has 0 heterocycles. The Morgan fingerprint density at radius 3 is 2.17 bits per heavy atom. The van der Waals surface area contributed by atoms with E-state index in [0.29, 0.717) is 5.56 Å². The van der Waals surface area contributed by atoms with Gasteiger partial charge in [-0.3, -0.25) is 0 Å². The Bertz CT molecular complexity index is 565. The number of carbonyl (C=O) groups excluding carboxylic acids is 1. The van der Waals surface area contributed by atoms with Gasteiger partial charge in [0.15, 0.2) is 0 Å². The number of carboxylic acids is 1. The summed E-state index contributed by atoms with van der Waals surface area (Å²) in [5.41, 5.74) is 0.700. The molecule has 0 aliphatic carbocycles. The Kier molecular flexibility index (Phi) is 3.10. The maximum atomic E-state index is 13.3. The van der Waals surface area contributed by atoms with Crippen molar-refractivity contribution in [2.24, 2.45) is 0 Å². The van der Waals surface area contributed by atoms with Crippen LogP contribution in [-0.2, 0) is 10.7 Å². The van der Waals surface area contributed by atoms with Crippen molar-refractivity contribution in [2.75, 3.05) is 0 Å². The van der Waals surface area contributed by atoms with E-state index in [1.165, 1.54) is 6.07 Å². The molecular formula is C14H9F2O2-. The number of halogens is 2. The zero-order valence-electron chi connectivity index (χ0n) is 9.27. The highest BCUT2D eigenvalue weighted by atomic mass is 19.3. The number of alkyl halides is 2. The quantitative estimate of drug-likeness (QED) is 0.834. The number of aliphatic carboxylic acids is 1. The smallest absolute Gasteiger partial charge is 0.312 e. The molecule has 2 aromatic rings. The first-order valence-corrected chi connectivity index (χ1v) is 5.27. The summed E-state index contributed by atoms with van der Waals surface area (Å²) in [6, 6.07) is 14.2. The molecule has 0 N–H and O–H groups in total. The molecule has 0 unspecified atom stereocenters. The second-order valence-electron chi connectivity index (χ2n) is 3.81. The van der Waals surface area contributed by atoms with Gasteiger partial charge in [-0.15, -0.1) is 0 Å². The molecule has 0 fully saturated rings. The summed E-state index contributed by atoms with van der Waals surface area (Å²) in [4.78, 5) is 10.4. The normalized spacial score (nSPS) is 11.2. The first-order valence-electron chi connectivity index (χ1n) is 5.27. The Labute approximate surface area is 103 Å². The second-order valence-corrected chi connectivity index (χ2v) is 3.81. The van der Waals surface area contributed by atoms with Gasteiger partial charge in [0, 0.05) is 5.56 Å².